The predicted octanol–water partition coefficient (Wildman–Crippen LogP) is 3.31. The monoisotopic (exact) mass is 365 g/mol. The second kappa shape index (κ2) is 12.0. The van der Waals surface area contributed by atoms with Gasteiger partial charge < -0.3 is 20.3 Å². The van der Waals surface area contributed by atoms with E-state index in [1.165, 1.54) is 0 Å². The molecule has 0 aromatic heterocycles. The first kappa shape index (κ1) is 21.5. The van der Waals surface area contributed by atoms with Gasteiger partial charge in [0.1, 0.15) is 5.75 Å². The molecule has 6 nitrogen and oxygen atoms in total. The molecule has 1 aromatic carbocycles. The van der Waals surface area contributed by atoms with Crippen molar-refractivity contribution in [2.75, 3.05) is 13.2 Å². The lowest BCUT2D eigenvalue weighted by molar-refractivity contribution is -0.159. The van der Waals surface area contributed by atoms with E-state index in [9.17, 15) is 0 Å². The third-order valence-electron chi connectivity index (χ3n) is 2.47. The fraction of sp³-hybridized carbons (Fsp3) is 0.467. The molecule has 1 rings (SSSR count). The van der Waals surface area contributed by atoms with Crippen LogP contribution in [0.4, 0.5) is 0 Å². The highest BCUT2D eigenvalue weighted by molar-refractivity contribution is 6.42. The Bertz CT molecular complexity index is 497. The Morgan fingerprint density at radius 2 is 1.74 bits per heavy atom. The molecule has 0 aliphatic carbocycles. The first-order chi connectivity index (χ1) is 10.7. The third-order valence-corrected chi connectivity index (χ3v) is 3.21. The number of nitrogens with one attached hydrogen (secondary N) is 1. The Kier molecular flexibility index (Phi) is 11.2. The van der Waals surface area contributed by atoms with Crippen molar-refractivity contribution >= 4 is 35.1 Å². The number of benzene rings is 1. The molecule has 0 unspecified atom stereocenters. The van der Waals surface area contributed by atoms with Gasteiger partial charge >= 0.3 is 11.9 Å². The van der Waals surface area contributed by atoms with Crippen molar-refractivity contribution in [2.45, 2.75) is 32.7 Å². The molecule has 0 atom stereocenters. The number of carboxylic acids is 2. The summed E-state index contributed by atoms with van der Waals surface area (Å²) in [6.07, 6.45) is 2.14. The minimum atomic E-state index is -1.82. The molecule has 0 saturated carbocycles. The zero-order valence-electron chi connectivity index (χ0n) is 13.0. The van der Waals surface area contributed by atoms with Crippen molar-refractivity contribution in [1.82, 2.24) is 5.32 Å². The maximum absolute atomic E-state index is 9.10. The second-order valence-corrected chi connectivity index (χ2v) is 5.67. The van der Waals surface area contributed by atoms with Crippen molar-refractivity contribution in [3.63, 3.8) is 0 Å². The maximum atomic E-state index is 9.10. The SMILES string of the molecule is CC(C)NCCCCOc1ccc(Cl)c(Cl)c1.O=C(O)C(=O)O. The predicted molar refractivity (Wildman–Crippen MR) is 89.6 cm³/mol. The number of aliphatic carboxylic acids is 2. The summed E-state index contributed by atoms with van der Waals surface area (Å²) in [4.78, 5) is 18.2. The molecule has 0 radical (unpaired) electrons. The molecule has 23 heavy (non-hydrogen) atoms. The van der Waals surface area contributed by atoms with Gasteiger partial charge in [0.25, 0.3) is 0 Å². The molecule has 0 heterocycles. The smallest absolute Gasteiger partial charge is 0.414 e. The number of unbranched alkanes of at least 4 members (excludes halogenated alkanes) is 1. The van der Waals surface area contributed by atoms with Crippen LogP contribution in [0.3, 0.4) is 0 Å². The second-order valence-electron chi connectivity index (χ2n) is 4.85. The fourth-order valence-electron chi connectivity index (χ4n) is 1.37. The van der Waals surface area contributed by atoms with Gasteiger partial charge in [-0.15, -0.1) is 0 Å². The molecule has 0 aliphatic rings. The Labute approximate surface area is 145 Å². The molecule has 0 spiro atoms. The van der Waals surface area contributed by atoms with Gasteiger partial charge in [-0.05, 0) is 31.5 Å². The molecule has 0 amide bonds. The average Bonchev–Trinajstić information content (AvgIpc) is 2.46. The van der Waals surface area contributed by atoms with Crippen LogP contribution in [0.5, 0.6) is 5.75 Å². The summed E-state index contributed by atoms with van der Waals surface area (Å²) in [5.41, 5.74) is 0. The highest BCUT2D eigenvalue weighted by Gasteiger charge is 2.04. The number of hydrogen-bond acceptors (Lipinski definition) is 4. The molecule has 8 heteroatoms. The van der Waals surface area contributed by atoms with E-state index < -0.39 is 11.9 Å². The summed E-state index contributed by atoms with van der Waals surface area (Å²) in [5.74, 6) is -2.87. The van der Waals surface area contributed by atoms with Gasteiger partial charge in [0.15, 0.2) is 0 Å². The Balaban J connectivity index is 0.000000688. The van der Waals surface area contributed by atoms with Crippen molar-refractivity contribution < 1.29 is 24.5 Å². The largest absolute Gasteiger partial charge is 0.494 e. The van der Waals surface area contributed by atoms with Crippen molar-refractivity contribution in [1.29, 1.82) is 0 Å². The summed E-state index contributed by atoms with van der Waals surface area (Å²) < 4.78 is 5.58. The van der Waals surface area contributed by atoms with E-state index in [1.807, 2.05) is 6.07 Å². The Hall–Kier alpha value is -1.50. The van der Waals surface area contributed by atoms with Gasteiger partial charge in [-0.3, -0.25) is 0 Å². The van der Waals surface area contributed by atoms with E-state index in [0.717, 1.165) is 25.1 Å². The van der Waals surface area contributed by atoms with Crippen LogP contribution in [0.15, 0.2) is 18.2 Å². The normalized spacial score (nSPS) is 9.96. The van der Waals surface area contributed by atoms with E-state index in [-0.39, 0.29) is 0 Å². The highest BCUT2D eigenvalue weighted by Crippen LogP contribution is 2.26. The minimum Gasteiger partial charge on any atom is -0.494 e. The molecular weight excluding hydrogens is 345 g/mol. The summed E-state index contributed by atoms with van der Waals surface area (Å²) in [5, 5.41) is 19.2. The number of halogens is 2. The number of ether oxygens (including phenoxy) is 1. The van der Waals surface area contributed by atoms with Crippen LogP contribution in [-0.2, 0) is 9.59 Å². The molecule has 0 bridgehead atoms. The van der Waals surface area contributed by atoms with Crippen LogP contribution < -0.4 is 10.1 Å². The Morgan fingerprint density at radius 1 is 1.13 bits per heavy atom. The lowest BCUT2D eigenvalue weighted by atomic mass is 10.3. The van der Waals surface area contributed by atoms with Crippen molar-refractivity contribution in [3.05, 3.63) is 28.2 Å². The van der Waals surface area contributed by atoms with Gasteiger partial charge in [0.05, 0.1) is 16.7 Å². The van der Waals surface area contributed by atoms with Crippen LogP contribution in [0, 0.1) is 0 Å². The van der Waals surface area contributed by atoms with Gasteiger partial charge in [-0.25, -0.2) is 9.59 Å². The summed E-state index contributed by atoms with van der Waals surface area (Å²) in [6.45, 7) is 6.03. The topological polar surface area (TPSA) is 95.9 Å². The minimum absolute atomic E-state index is 0.533. The van der Waals surface area contributed by atoms with Crippen molar-refractivity contribution in [3.8, 4) is 5.75 Å². The van der Waals surface area contributed by atoms with E-state index in [0.29, 0.717) is 22.7 Å². The third kappa shape index (κ3) is 11.7. The summed E-state index contributed by atoms with van der Waals surface area (Å²) in [7, 11) is 0. The Morgan fingerprint density at radius 3 is 2.22 bits per heavy atom. The fourth-order valence-corrected chi connectivity index (χ4v) is 1.66. The van der Waals surface area contributed by atoms with Gasteiger partial charge in [0.2, 0.25) is 0 Å². The lowest BCUT2D eigenvalue weighted by Gasteiger charge is -2.09. The molecule has 1 aromatic rings. The van der Waals surface area contributed by atoms with E-state index in [1.54, 1.807) is 12.1 Å². The average molecular weight is 366 g/mol. The quantitative estimate of drug-likeness (QED) is 0.506. The molecule has 0 fully saturated rings. The highest BCUT2D eigenvalue weighted by atomic mass is 35.5. The molecule has 0 aliphatic heterocycles. The lowest BCUT2D eigenvalue weighted by Crippen LogP contribution is -2.23. The number of hydrogen-bond donors (Lipinski definition) is 3. The van der Waals surface area contributed by atoms with E-state index >= 15 is 0 Å². The van der Waals surface area contributed by atoms with Gasteiger partial charge in [-0.1, -0.05) is 37.0 Å². The maximum Gasteiger partial charge on any atom is 0.414 e. The van der Waals surface area contributed by atoms with E-state index in [2.05, 4.69) is 19.2 Å². The zero-order chi connectivity index (χ0) is 17.8. The zero-order valence-corrected chi connectivity index (χ0v) is 14.5. The molecular formula is C15H21Cl2NO5. The molecule has 3 N–H and O–H groups in total. The van der Waals surface area contributed by atoms with E-state index in [4.69, 9.17) is 47.7 Å². The van der Waals surface area contributed by atoms with Crippen LogP contribution in [0.1, 0.15) is 26.7 Å². The van der Waals surface area contributed by atoms with Gasteiger partial charge in [0, 0.05) is 12.1 Å². The van der Waals surface area contributed by atoms with Crippen molar-refractivity contribution in [2.24, 2.45) is 0 Å². The van der Waals surface area contributed by atoms with Gasteiger partial charge in [-0.2, -0.15) is 0 Å². The summed E-state index contributed by atoms with van der Waals surface area (Å²) in [6, 6.07) is 5.88. The molecule has 0 saturated heterocycles. The number of rotatable bonds is 7. The van der Waals surface area contributed by atoms with Crippen LogP contribution in [0.2, 0.25) is 10.0 Å². The first-order valence-corrected chi connectivity index (χ1v) is 7.77. The standard InChI is InChI=1S/C13H19Cl2NO.C2H2O4/c1-10(2)16-7-3-4-8-17-11-5-6-12(14)13(15)9-11;3-1(4)2(5)6/h5-6,9-10,16H,3-4,7-8H2,1-2H3;(H,3,4)(H,5,6). The number of carbonyl (C=O) groups is 2. The van der Waals surface area contributed by atoms with Crippen LogP contribution in [0.25, 0.3) is 0 Å². The summed E-state index contributed by atoms with van der Waals surface area (Å²) >= 11 is 11.7. The van der Waals surface area contributed by atoms with Crippen LogP contribution in [-0.4, -0.2) is 41.3 Å². The number of carboxylic acid groups (broad SMARTS) is 2. The first-order valence-electron chi connectivity index (χ1n) is 7.01. The van der Waals surface area contributed by atoms with Crippen LogP contribution >= 0.6 is 23.2 Å². The molecule has 130 valence electrons.